The Morgan fingerprint density at radius 3 is 2.67 bits per heavy atom. The summed E-state index contributed by atoms with van der Waals surface area (Å²) in [6, 6.07) is 7.18. The third-order valence-corrected chi connectivity index (χ3v) is 2.62. The summed E-state index contributed by atoms with van der Waals surface area (Å²) < 4.78 is 0. The molecule has 0 atom stereocenters. The Morgan fingerprint density at radius 2 is 2.11 bits per heavy atom. The average Bonchev–Trinajstić information content (AvgIpc) is 2.83. The average molecular weight is 262 g/mol. The highest BCUT2D eigenvalue weighted by Gasteiger charge is 2.07. The number of nitrogens with one attached hydrogen (secondary N) is 2. The van der Waals surface area contributed by atoms with E-state index in [2.05, 4.69) is 33.1 Å². The Morgan fingerprint density at radius 1 is 1.39 bits per heavy atom. The molecule has 0 aliphatic heterocycles. The Hall–Kier alpha value is -1.82. The van der Waals surface area contributed by atoms with Gasteiger partial charge < -0.3 is 5.32 Å². The van der Waals surface area contributed by atoms with Crippen LogP contribution >= 0.6 is 12.6 Å². The molecule has 2 N–H and O–H groups in total. The maximum Gasteiger partial charge on any atom is 0.251 e. The van der Waals surface area contributed by atoms with Crippen LogP contribution in [0.15, 0.2) is 24.3 Å². The number of rotatable bonds is 4. The van der Waals surface area contributed by atoms with Crippen molar-refractivity contribution in [3.05, 3.63) is 35.7 Å². The lowest BCUT2D eigenvalue weighted by atomic mass is 10.1. The Bertz CT molecular complexity index is 535. The summed E-state index contributed by atoms with van der Waals surface area (Å²) in [5, 5.41) is 9.61. The van der Waals surface area contributed by atoms with Gasteiger partial charge in [0.1, 0.15) is 5.82 Å². The zero-order chi connectivity index (χ0) is 13.0. The van der Waals surface area contributed by atoms with E-state index in [0.717, 1.165) is 11.4 Å². The van der Waals surface area contributed by atoms with Crippen LogP contribution in [0.5, 0.6) is 0 Å². The smallest absolute Gasteiger partial charge is 0.251 e. The molecular weight excluding hydrogens is 248 g/mol. The van der Waals surface area contributed by atoms with E-state index in [9.17, 15) is 4.79 Å². The van der Waals surface area contributed by atoms with Crippen molar-refractivity contribution in [2.75, 3.05) is 12.3 Å². The fourth-order valence-electron chi connectivity index (χ4n) is 1.51. The lowest BCUT2D eigenvalue weighted by Gasteiger charge is -2.03. The molecule has 5 nitrogen and oxygen atoms in total. The first-order valence-electron chi connectivity index (χ1n) is 5.59. The van der Waals surface area contributed by atoms with Crippen LogP contribution in [0.1, 0.15) is 16.2 Å². The number of nitrogens with zero attached hydrogens (tertiary/aromatic N) is 2. The molecule has 0 aliphatic rings. The number of benzene rings is 1. The molecule has 2 rings (SSSR count). The molecular formula is C12H14N4OS. The number of hydrogen-bond donors (Lipinski definition) is 3. The zero-order valence-electron chi connectivity index (χ0n) is 9.97. The van der Waals surface area contributed by atoms with Gasteiger partial charge in [0.15, 0.2) is 5.82 Å². The number of carbonyl (C=O) groups excluding carboxylic acids is 1. The van der Waals surface area contributed by atoms with Crippen molar-refractivity contribution in [3.63, 3.8) is 0 Å². The monoisotopic (exact) mass is 262 g/mol. The second-order valence-corrected chi connectivity index (χ2v) is 4.25. The molecule has 6 heteroatoms. The SMILES string of the molecule is Cc1nc(-c2ccc(C(=O)NCCS)cc2)n[nH]1. The number of aromatic amines is 1. The number of aromatic nitrogens is 3. The van der Waals surface area contributed by atoms with E-state index in [1.165, 1.54) is 0 Å². The largest absolute Gasteiger partial charge is 0.351 e. The number of thiol groups is 1. The molecule has 94 valence electrons. The van der Waals surface area contributed by atoms with Crippen molar-refractivity contribution in [2.45, 2.75) is 6.92 Å². The van der Waals surface area contributed by atoms with Gasteiger partial charge in [-0.25, -0.2) is 4.98 Å². The van der Waals surface area contributed by atoms with Crippen LogP contribution in [0.25, 0.3) is 11.4 Å². The molecule has 1 amide bonds. The predicted octanol–water partition coefficient (Wildman–Crippen LogP) is 1.44. The number of aryl methyl sites for hydroxylation is 1. The second-order valence-electron chi connectivity index (χ2n) is 3.80. The van der Waals surface area contributed by atoms with Crippen molar-refractivity contribution in [1.82, 2.24) is 20.5 Å². The minimum absolute atomic E-state index is 0.0956. The molecule has 0 fully saturated rings. The molecule has 0 radical (unpaired) electrons. The first-order chi connectivity index (χ1) is 8.70. The van der Waals surface area contributed by atoms with Crippen LogP contribution in [-0.4, -0.2) is 33.4 Å². The summed E-state index contributed by atoms with van der Waals surface area (Å²) in [4.78, 5) is 15.9. The molecule has 2 aromatic rings. The summed E-state index contributed by atoms with van der Waals surface area (Å²) >= 11 is 4.04. The molecule has 18 heavy (non-hydrogen) atoms. The highest BCUT2D eigenvalue weighted by molar-refractivity contribution is 7.80. The molecule has 0 bridgehead atoms. The number of carbonyl (C=O) groups is 1. The van der Waals surface area contributed by atoms with E-state index in [0.29, 0.717) is 23.7 Å². The van der Waals surface area contributed by atoms with Gasteiger partial charge in [0.05, 0.1) is 0 Å². The first-order valence-corrected chi connectivity index (χ1v) is 6.22. The fraction of sp³-hybridized carbons (Fsp3) is 0.250. The van der Waals surface area contributed by atoms with Crippen LogP contribution in [0.4, 0.5) is 0 Å². The van der Waals surface area contributed by atoms with Gasteiger partial charge in [-0.15, -0.1) is 0 Å². The summed E-state index contributed by atoms with van der Waals surface area (Å²) in [6.07, 6.45) is 0. The minimum atomic E-state index is -0.0956. The maximum atomic E-state index is 11.7. The molecule has 0 spiro atoms. The van der Waals surface area contributed by atoms with Crippen LogP contribution in [0.2, 0.25) is 0 Å². The molecule has 0 unspecified atom stereocenters. The topological polar surface area (TPSA) is 70.7 Å². The van der Waals surface area contributed by atoms with E-state index < -0.39 is 0 Å². The van der Waals surface area contributed by atoms with Gasteiger partial charge in [0.2, 0.25) is 0 Å². The normalized spacial score (nSPS) is 10.3. The van der Waals surface area contributed by atoms with Gasteiger partial charge in [-0.2, -0.15) is 17.7 Å². The van der Waals surface area contributed by atoms with E-state index >= 15 is 0 Å². The van der Waals surface area contributed by atoms with Crippen LogP contribution in [-0.2, 0) is 0 Å². The number of hydrogen-bond acceptors (Lipinski definition) is 4. The molecule has 0 aliphatic carbocycles. The standard InChI is InChI=1S/C12H14N4OS/c1-8-14-11(16-15-8)9-2-4-10(5-3-9)12(17)13-6-7-18/h2-5,18H,6-7H2,1H3,(H,13,17)(H,14,15,16). The summed E-state index contributed by atoms with van der Waals surface area (Å²) in [6.45, 7) is 2.40. The molecule has 0 saturated heterocycles. The molecule has 1 aromatic heterocycles. The van der Waals surface area contributed by atoms with Crippen LogP contribution in [0, 0.1) is 6.92 Å². The maximum absolute atomic E-state index is 11.7. The number of H-pyrrole nitrogens is 1. The van der Waals surface area contributed by atoms with E-state index in [1.54, 1.807) is 12.1 Å². The molecule has 1 aromatic carbocycles. The van der Waals surface area contributed by atoms with Gasteiger partial charge in [-0.1, -0.05) is 12.1 Å². The Labute approximate surface area is 110 Å². The van der Waals surface area contributed by atoms with Crippen molar-refractivity contribution < 1.29 is 4.79 Å². The van der Waals surface area contributed by atoms with Gasteiger partial charge in [-0.05, 0) is 19.1 Å². The zero-order valence-corrected chi connectivity index (χ0v) is 10.9. The van der Waals surface area contributed by atoms with Gasteiger partial charge >= 0.3 is 0 Å². The second kappa shape index (κ2) is 5.68. The Balaban J connectivity index is 2.12. The lowest BCUT2D eigenvalue weighted by Crippen LogP contribution is -2.25. The van der Waals surface area contributed by atoms with Crippen molar-refractivity contribution in [3.8, 4) is 11.4 Å². The molecule has 1 heterocycles. The van der Waals surface area contributed by atoms with Gasteiger partial charge in [0, 0.05) is 23.4 Å². The lowest BCUT2D eigenvalue weighted by molar-refractivity contribution is 0.0956. The number of amides is 1. The van der Waals surface area contributed by atoms with Crippen molar-refractivity contribution >= 4 is 18.5 Å². The van der Waals surface area contributed by atoms with Gasteiger partial charge in [-0.3, -0.25) is 9.89 Å². The van der Waals surface area contributed by atoms with Crippen LogP contribution < -0.4 is 5.32 Å². The van der Waals surface area contributed by atoms with Crippen LogP contribution in [0.3, 0.4) is 0 Å². The first kappa shape index (κ1) is 12.6. The third kappa shape index (κ3) is 2.89. The third-order valence-electron chi connectivity index (χ3n) is 2.40. The van der Waals surface area contributed by atoms with E-state index in [4.69, 9.17) is 0 Å². The summed E-state index contributed by atoms with van der Waals surface area (Å²) in [5.41, 5.74) is 1.50. The van der Waals surface area contributed by atoms with Crippen molar-refractivity contribution in [2.24, 2.45) is 0 Å². The summed E-state index contributed by atoms with van der Waals surface area (Å²) in [5.74, 6) is 1.93. The highest BCUT2D eigenvalue weighted by Crippen LogP contribution is 2.15. The highest BCUT2D eigenvalue weighted by atomic mass is 32.1. The van der Waals surface area contributed by atoms with Gasteiger partial charge in [0.25, 0.3) is 5.91 Å². The summed E-state index contributed by atoms with van der Waals surface area (Å²) in [7, 11) is 0. The van der Waals surface area contributed by atoms with Crippen molar-refractivity contribution in [1.29, 1.82) is 0 Å². The van der Waals surface area contributed by atoms with E-state index in [-0.39, 0.29) is 5.91 Å². The van der Waals surface area contributed by atoms with E-state index in [1.807, 2.05) is 19.1 Å². The Kier molecular flexibility index (Phi) is 3.99. The minimum Gasteiger partial charge on any atom is -0.351 e. The quantitative estimate of drug-likeness (QED) is 0.730. The fourth-order valence-corrected chi connectivity index (χ4v) is 1.63. The predicted molar refractivity (Wildman–Crippen MR) is 72.7 cm³/mol. The molecule has 0 saturated carbocycles.